The summed E-state index contributed by atoms with van der Waals surface area (Å²) in [5, 5.41) is 2.93. The molecule has 0 radical (unpaired) electrons. The summed E-state index contributed by atoms with van der Waals surface area (Å²) in [6.45, 7) is 0. The summed E-state index contributed by atoms with van der Waals surface area (Å²) in [4.78, 5) is 12.7. The summed E-state index contributed by atoms with van der Waals surface area (Å²) in [6, 6.07) is 18.7. The van der Waals surface area contributed by atoms with E-state index in [1.807, 2.05) is 48.5 Å². The lowest BCUT2D eigenvalue weighted by molar-refractivity contribution is 0.0937. The van der Waals surface area contributed by atoms with Crippen molar-refractivity contribution < 1.29 is 18.7 Å². The molecule has 3 aromatic rings. The third kappa shape index (κ3) is 2.77. The number of methoxy groups -OCH3 is 1. The lowest BCUT2D eigenvalue weighted by Crippen LogP contribution is -2.31. The van der Waals surface area contributed by atoms with Crippen LogP contribution in [0.1, 0.15) is 27.5 Å². The minimum atomic E-state index is -0.629. The quantitative estimate of drug-likeness (QED) is 0.759. The number of ether oxygens (including phenoxy) is 2. The standard InChI is InChI=1S/C21H16FNO3/c1-25-13-10-11-14(17(22)12-13)21(24)23-20-15-6-2-4-8-18(15)26-19-9-5-3-7-16(19)20/h2-12,20H,1H3,(H,23,24). The number of rotatable bonds is 3. The minimum Gasteiger partial charge on any atom is -0.497 e. The minimum absolute atomic E-state index is 0.0349. The molecule has 0 unspecified atom stereocenters. The molecule has 0 fully saturated rings. The van der Waals surface area contributed by atoms with Crippen LogP contribution in [0.4, 0.5) is 4.39 Å². The highest BCUT2D eigenvalue weighted by atomic mass is 19.1. The van der Waals surface area contributed by atoms with E-state index in [0.717, 1.165) is 11.1 Å². The van der Waals surface area contributed by atoms with Gasteiger partial charge in [-0.3, -0.25) is 4.79 Å². The van der Waals surface area contributed by atoms with Crippen molar-refractivity contribution in [1.29, 1.82) is 0 Å². The van der Waals surface area contributed by atoms with Crippen LogP contribution in [0.2, 0.25) is 0 Å². The zero-order chi connectivity index (χ0) is 18.1. The zero-order valence-corrected chi connectivity index (χ0v) is 14.0. The van der Waals surface area contributed by atoms with Crippen LogP contribution in [0.15, 0.2) is 66.7 Å². The molecule has 3 aromatic carbocycles. The van der Waals surface area contributed by atoms with Gasteiger partial charge < -0.3 is 14.8 Å². The Kier molecular flexibility index (Phi) is 4.05. The molecule has 26 heavy (non-hydrogen) atoms. The first kappa shape index (κ1) is 16.1. The van der Waals surface area contributed by atoms with Crippen LogP contribution in [0.3, 0.4) is 0 Å². The van der Waals surface area contributed by atoms with E-state index in [1.165, 1.54) is 19.2 Å². The van der Waals surface area contributed by atoms with Crippen molar-refractivity contribution in [3.8, 4) is 17.2 Å². The van der Waals surface area contributed by atoms with Gasteiger partial charge in [0.25, 0.3) is 5.91 Å². The van der Waals surface area contributed by atoms with Gasteiger partial charge in [-0.25, -0.2) is 4.39 Å². The molecule has 4 rings (SSSR count). The average molecular weight is 349 g/mol. The van der Waals surface area contributed by atoms with Gasteiger partial charge in [0.15, 0.2) is 0 Å². The first-order valence-electron chi connectivity index (χ1n) is 8.17. The Morgan fingerprint density at radius 1 is 1.00 bits per heavy atom. The summed E-state index contributed by atoms with van der Waals surface area (Å²) in [5.41, 5.74) is 1.62. The van der Waals surface area contributed by atoms with Crippen molar-refractivity contribution in [1.82, 2.24) is 5.32 Å². The molecule has 1 heterocycles. The monoisotopic (exact) mass is 349 g/mol. The Hall–Kier alpha value is -3.34. The van der Waals surface area contributed by atoms with E-state index in [4.69, 9.17) is 9.47 Å². The number of fused-ring (bicyclic) bond motifs is 2. The van der Waals surface area contributed by atoms with Gasteiger partial charge >= 0.3 is 0 Å². The fourth-order valence-corrected chi connectivity index (χ4v) is 3.08. The summed E-state index contributed by atoms with van der Waals surface area (Å²) < 4.78 is 25.2. The highest BCUT2D eigenvalue weighted by molar-refractivity contribution is 5.95. The molecule has 1 aliphatic heterocycles. The van der Waals surface area contributed by atoms with Crippen LogP contribution in [0.25, 0.3) is 0 Å². The molecule has 0 saturated heterocycles. The van der Waals surface area contributed by atoms with Crippen LogP contribution >= 0.6 is 0 Å². The molecular weight excluding hydrogens is 333 g/mol. The lowest BCUT2D eigenvalue weighted by Gasteiger charge is -2.28. The first-order valence-corrected chi connectivity index (χ1v) is 8.17. The number of para-hydroxylation sites is 2. The zero-order valence-electron chi connectivity index (χ0n) is 14.0. The summed E-state index contributed by atoms with van der Waals surface area (Å²) in [5.74, 6) is 0.580. The van der Waals surface area contributed by atoms with Crippen molar-refractivity contribution in [3.05, 3.63) is 89.2 Å². The molecule has 0 saturated carbocycles. The maximum atomic E-state index is 14.3. The van der Waals surface area contributed by atoms with E-state index < -0.39 is 17.8 Å². The van der Waals surface area contributed by atoms with Gasteiger partial charge in [-0.15, -0.1) is 0 Å². The fraction of sp³-hybridized carbons (Fsp3) is 0.0952. The topological polar surface area (TPSA) is 47.6 Å². The molecule has 1 N–H and O–H groups in total. The first-order chi connectivity index (χ1) is 12.7. The smallest absolute Gasteiger partial charge is 0.255 e. The number of hydrogen-bond donors (Lipinski definition) is 1. The maximum Gasteiger partial charge on any atom is 0.255 e. The van der Waals surface area contributed by atoms with Crippen LogP contribution < -0.4 is 14.8 Å². The normalized spacial score (nSPS) is 12.5. The molecule has 0 spiro atoms. The van der Waals surface area contributed by atoms with Gasteiger partial charge in [0.1, 0.15) is 23.1 Å². The number of hydrogen-bond acceptors (Lipinski definition) is 3. The van der Waals surface area contributed by atoms with Gasteiger partial charge in [0.2, 0.25) is 0 Å². The second-order valence-corrected chi connectivity index (χ2v) is 5.93. The highest BCUT2D eigenvalue weighted by Crippen LogP contribution is 2.42. The van der Waals surface area contributed by atoms with Gasteiger partial charge in [-0.2, -0.15) is 0 Å². The van der Waals surface area contributed by atoms with Crippen LogP contribution in [0, 0.1) is 5.82 Å². The Balaban J connectivity index is 1.71. The third-order valence-electron chi connectivity index (χ3n) is 4.38. The van der Waals surface area contributed by atoms with E-state index in [0.29, 0.717) is 17.2 Å². The SMILES string of the molecule is COc1ccc(C(=O)NC2c3ccccc3Oc3ccccc32)c(F)c1. The van der Waals surface area contributed by atoms with E-state index in [1.54, 1.807) is 6.07 Å². The van der Waals surface area contributed by atoms with Crippen molar-refractivity contribution in [3.63, 3.8) is 0 Å². The molecule has 0 aliphatic carbocycles. The number of nitrogens with one attached hydrogen (secondary N) is 1. The Morgan fingerprint density at radius 3 is 2.19 bits per heavy atom. The second kappa shape index (κ2) is 6.52. The number of amides is 1. The average Bonchev–Trinajstić information content (AvgIpc) is 2.67. The Morgan fingerprint density at radius 2 is 1.62 bits per heavy atom. The predicted molar refractivity (Wildman–Crippen MR) is 95.2 cm³/mol. The number of halogens is 1. The molecule has 0 atom stereocenters. The molecule has 1 aliphatic rings. The van der Waals surface area contributed by atoms with Crippen molar-refractivity contribution >= 4 is 5.91 Å². The predicted octanol–water partition coefficient (Wildman–Crippen LogP) is 4.46. The fourth-order valence-electron chi connectivity index (χ4n) is 3.08. The van der Waals surface area contributed by atoms with E-state index >= 15 is 0 Å². The maximum absolute atomic E-state index is 14.3. The number of carbonyl (C=O) groups excluding carboxylic acids is 1. The van der Waals surface area contributed by atoms with E-state index in [-0.39, 0.29) is 5.56 Å². The molecule has 1 amide bonds. The largest absolute Gasteiger partial charge is 0.497 e. The Labute approximate surface area is 150 Å². The van der Waals surface area contributed by atoms with Crippen LogP contribution in [-0.4, -0.2) is 13.0 Å². The molecule has 4 nitrogen and oxygen atoms in total. The van der Waals surface area contributed by atoms with Crippen molar-refractivity contribution in [2.75, 3.05) is 7.11 Å². The highest BCUT2D eigenvalue weighted by Gasteiger charge is 2.29. The molecular formula is C21H16FNO3. The molecule has 0 aromatic heterocycles. The number of carbonyl (C=O) groups is 1. The van der Waals surface area contributed by atoms with Gasteiger partial charge in [0, 0.05) is 17.2 Å². The molecule has 5 heteroatoms. The Bertz CT molecular complexity index is 941. The van der Waals surface area contributed by atoms with Crippen molar-refractivity contribution in [2.24, 2.45) is 0 Å². The second-order valence-electron chi connectivity index (χ2n) is 5.93. The van der Waals surface area contributed by atoms with E-state index in [9.17, 15) is 9.18 Å². The lowest BCUT2D eigenvalue weighted by atomic mass is 9.94. The summed E-state index contributed by atoms with van der Waals surface area (Å²) in [6.07, 6.45) is 0. The van der Waals surface area contributed by atoms with Crippen LogP contribution in [0.5, 0.6) is 17.2 Å². The third-order valence-corrected chi connectivity index (χ3v) is 4.38. The number of benzene rings is 3. The van der Waals surface area contributed by atoms with Gasteiger partial charge in [0.05, 0.1) is 18.7 Å². The summed E-state index contributed by atoms with van der Waals surface area (Å²) >= 11 is 0. The molecule has 0 bridgehead atoms. The summed E-state index contributed by atoms with van der Waals surface area (Å²) in [7, 11) is 1.45. The van der Waals surface area contributed by atoms with Gasteiger partial charge in [-0.05, 0) is 24.3 Å². The van der Waals surface area contributed by atoms with Crippen LogP contribution in [-0.2, 0) is 0 Å². The van der Waals surface area contributed by atoms with Crippen molar-refractivity contribution in [2.45, 2.75) is 6.04 Å². The van der Waals surface area contributed by atoms with Gasteiger partial charge in [-0.1, -0.05) is 36.4 Å². The van der Waals surface area contributed by atoms with E-state index in [2.05, 4.69) is 5.32 Å². The molecule has 130 valence electrons.